The van der Waals surface area contributed by atoms with E-state index in [4.69, 9.17) is 4.84 Å². The molecule has 0 amide bonds. The van der Waals surface area contributed by atoms with E-state index >= 15 is 0 Å². The van der Waals surface area contributed by atoms with Crippen LogP contribution in [0.4, 0.5) is 0 Å². The molecule has 2 rings (SSSR count). The lowest BCUT2D eigenvalue weighted by Crippen LogP contribution is -2.47. The predicted molar refractivity (Wildman–Crippen MR) is 47.9 cm³/mol. The smallest absolute Gasteiger partial charge is 0.240 e. The Balaban J connectivity index is 1.90. The number of hydrogen-bond acceptors (Lipinski definition) is 2. The maximum Gasteiger partial charge on any atom is 0.240 e. The lowest BCUT2D eigenvalue weighted by atomic mass is 9.98. The van der Waals surface area contributed by atoms with Crippen molar-refractivity contribution in [3.63, 3.8) is 0 Å². The molecule has 3 heteroatoms. The van der Waals surface area contributed by atoms with Crippen molar-refractivity contribution >= 4 is 0 Å². The summed E-state index contributed by atoms with van der Waals surface area (Å²) in [6.45, 7) is 0. The topological polar surface area (TPSA) is 26.0 Å². The fourth-order valence-electron chi connectivity index (χ4n) is 1.72. The van der Waals surface area contributed by atoms with Crippen LogP contribution in [-0.4, -0.2) is 11.1 Å². The molecule has 13 heavy (non-hydrogen) atoms. The second kappa shape index (κ2) is 4.21. The third kappa shape index (κ3) is 2.41. The Morgan fingerprint density at radius 1 is 1.08 bits per heavy atom. The zero-order chi connectivity index (χ0) is 8.93. The van der Waals surface area contributed by atoms with Gasteiger partial charge in [-0.15, -0.1) is 0 Å². The number of aromatic nitrogens is 2. The van der Waals surface area contributed by atoms with Crippen LogP contribution in [0.25, 0.3) is 0 Å². The van der Waals surface area contributed by atoms with E-state index in [2.05, 4.69) is 4.98 Å². The van der Waals surface area contributed by atoms with Crippen molar-refractivity contribution in [2.45, 2.75) is 38.2 Å². The van der Waals surface area contributed by atoms with Crippen molar-refractivity contribution in [3.8, 4) is 0 Å². The Bertz CT molecular complexity index is 244. The Morgan fingerprint density at radius 2 is 1.77 bits per heavy atom. The molecule has 1 aromatic heterocycles. The van der Waals surface area contributed by atoms with Gasteiger partial charge < -0.3 is 0 Å². The minimum atomic E-state index is 0.404. The van der Waals surface area contributed by atoms with Crippen LogP contribution in [0.3, 0.4) is 0 Å². The van der Waals surface area contributed by atoms with Crippen molar-refractivity contribution in [2.75, 3.05) is 0 Å². The van der Waals surface area contributed by atoms with Gasteiger partial charge in [-0.25, -0.2) is 0 Å². The van der Waals surface area contributed by atoms with Crippen molar-refractivity contribution < 1.29 is 9.57 Å². The van der Waals surface area contributed by atoms with E-state index in [1.54, 1.807) is 17.1 Å². The van der Waals surface area contributed by atoms with Crippen LogP contribution < -0.4 is 9.57 Å². The van der Waals surface area contributed by atoms with E-state index in [-0.39, 0.29) is 0 Å². The summed E-state index contributed by atoms with van der Waals surface area (Å²) < 4.78 is 1.75. The van der Waals surface area contributed by atoms with Crippen LogP contribution in [0.2, 0.25) is 0 Å². The van der Waals surface area contributed by atoms with Crippen LogP contribution in [0.15, 0.2) is 24.8 Å². The summed E-state index contributed by atoms with van der Waals surface area (Å²) in [4.78, 5) is 9.67. The van der Waals surface area contributed by atoms with Gasteiger partial charge in [0, 0.05) is 4.73 Å². The molecule has 0 unspecified atom stereocenters. The standard InChI is InChI=1S/C10H15N2O/c1-2-4-10(5-3-1)13-12-8-6-11-7-9-12/h6-10H,1-5H2/q+1. The van der Waals surface area contributed by atoms with E-state index in [1.165, 1.54) is 32.1 Å². The van der Waals surface area contributed by atoms with Crippen molar-refractivity contribution in [1.29, 1.82) is 0 Å². The van der Waals surface area contributed by atoms with E-state index in [1.807, 2.05) is 12.4 Å². The average molecular weight is 179 g/mol. The average Bonchev–Trinajstić information content (AvgIpc) is 2.21. The van der Waals surface area contributed by atoms with Crippen LogP contribution in [0.5, 0.6) is 0 Å². The van der Waals surface area contributed by atoms with E-state index < -0.39 is 0 Å². The van der Waals surface area contributed by atoms with Gasteiger partial charge in [0.15, 0.2) is 6.10 Å². The fraction of sp³-hybridized carbons (Fsp3) is 0.600. The second-order valence-electron chi connectivity index (χ2n) is 3.47. The molecule has 1 aliphatic rings. The van der Waals surface area contributed by atoms with Crippen LogP contribution in [0.1, 0.15) is 32.1 Å². The molecule has 0 saturated heterocycles. The van der Waals surface area contributed by atoms with E-state index in [0.717, 1.165) is 0 Å². The fourth-order valence-corrected chi connectivity index (χ4v) is 1.72. The van der Waals surface area contributed by atoms with Gasteiger partial charge in [0.05, 0.1) is 12.4 Å². The Labute approximate surface area is 78.3 Å². The molecule has 0 N–H and O–H groups in total. The van der Waals surface area contributed by atoms with E-state index in [9.17, 15) is 0 Å². The van der Waals surface area contributed by atoms with Gasteiger partial charge in [-0.2, -0.15) is 0 Å². The molecule has 70 valence electrons. The quantitative estimate of drug-likeness (QED) is 0.636. The van der Waals surface area contributed by atoms with Crippen LogP contribution >= 0.6 is 0 Å². The normalized spacial score (nSPS) is 18.5. The maximum absolute atomic E-state index is 5.73. The highest BCUT2D eigenvalue weighted by atomic mass is 16.7. The summed E-state index contributed by atoms with van der Waals surface area (Å²) in [5, 5.41) is 0. The summed E-state index contributed by atoms with van der Waals surface area (Å²) in [7, 11) is 0. The molecular weight excluding hydrogens is 164 g/mol. The highest BCUT2D eigenvalue weighted by molar-refractivity contribution is 4.65. The molecule has 0 spiro atoms. The number of rotatable bonds is 2. The van der Waals surface area contributed by atoms with Crippen molar-refractivity contribution in [2.24, 2.45) is 0 Å². The Kier molecular flexibility index (Phi) is 2.75. The molecule has 0 radical (unpaired) electrons. The molecule has 3 nitrogen and oxygen atoms in total. The Hall–Kier alpha value is -1.12. The van der Waals surface area contributed by atoms with Gasteiger partial charge in [0.2, 0.25) is 12.4 Å². The minimum absolute atomic E-state index is 0.404. The first-order chi connectivity index (χ1) is 6.45. The molecule has 1 aliphatic carbocycles. The monoisotopic (exact) mass is 179 g/mol. The second-order valence-corrected chi connectivity index (χ2v) is 3.47. The summed E-state index contributed by atoms with van der Waals surface area (Å²) in [6, 6.07) is 0. The van der Waals surface area contributed by atoms with Gasteiger partial charge in [0.1, 0.15) is 0 Å². The van der Waals surface area contributed by atoms with Crippen molar-refractivity contribution in [1.82, 2.24) is 4.98 Å². The molecule has 0 atom stereocenters. The zero-order valence-electron chi connectivity index (χ0n) is 7.72. The number of hydrogen-bond donors (Lipinski definition) is 0. The van der Waals surface area contributed by atoms with Crippen LogP contribution in [-0.2, 0) is 0 Å². The molecular formula is C10H15N2O+. The molecule has 1 heterocycles. The minimum Gasteiger partial charge on any atom is -0.268 e. The van der Waals surface area contributed by atoms with Gasteiger partial charge in [-0.3, -0.25) is 9.82 Å². The first-order valence-corrected chi connectivity index (χ1v) is 4.93. The van der Waals surface area contributed by atoms with Crippen LogP contribution in [0, 0.1) is 0 Å². The lowest BCUT2D eigenvalue weighted by Gasteiger charge is -2.17. The predicted octanol–water partition coefficient (Wildman–Crippen LogP) is 1.13. The first kappa shape index (κ1) is 8.48. The van der Waals surface area contributed by atoms with Crippen molar-refractivity contribution in [3.05, 3.63) is 24.8 Å². The summed E-state index contributed by atoms with van der Waals surface area (Å²) in [6.07, 6.45) is 13.9. The lowest BCUT2D eigenvalue weighted by molar-refractivity contribution is -0.899. The summed E-state index contributed by atoms with van der Waals surface area (Å²) >= 11 is 0. The third-order valence-electron chi connectivity index (χ3n) is 2.42. The molecule has 1 aromatic rings. The maximum atomic E-state index is 5.73. The molecule has 0 aromatic carbocycles. The summed E-state index contributed by atoms with van der Waals surface area (Å²) in [5.74, 6) is 0. The molecule has 1 saturated carbocycles. The molecule has 0 aliphatic heterocycles. The van der Waals surface area contributed by atoms with Gasteiger partial charge >= 0.3 is 0 Å². The molecule has 1 fully saturated rings. The highest BCUT2D eigenvalue weighted by Crippen LogP contribution is 2.17. The highest BCUT2D eigenvalue weighted by Gasteiger charge is 2.18. The zero-order valence-corrected chi connectivity index (χ0v) is 7.72. The third-order valence-corrected chi connectivity index (χ3v) is 2.42. The largest absolute Gasteiger partial charge is 0.268 e. The molecule has 0 bridgehead atoms. The first-order valence-electron chi connectivity index (χ1n) is 4.93. The Morgan fingerprint density at radius 3 is 2.46 bits per heavy atom. The van der Waals surface area contributed by atoms with E-state index in [0.29, 0.717) is 6.10 Å². The SMILES string of the molecule is c1c[n+](OC2CCCCC2)ccn1. The number of nitrogens with zero attached hydrogens (tertiary/aromatic N) is 2. The van der Waals surface area contributed by atoms with Gasteiger partial charge in [-0.05, 0) is 25.7 Å². The summed E-state index contributed by atoms with van der Waals surface area (Å²) in [5.41, 5.74) is 0. The van der Waals surface area contributed by atoms with Gasteiger partial charge in [0.25, 0.3) is 0 Å². The van der Waals surface area contributed by atoms with Gasteiger partial charge in [-0.1, -0.05) is 6.42 Å².